The molecule has 0 aromatic rings. The molecule has 0 aromatic carbocycles. The lowest BCUT2D eigenvalue weighted by Crippen LogP contribution is -2.22. The van der Waals surface area contributed by atoms with Crippen LogP contribution < -0.4 is 5.73 Å². The van der Waals surface area contributed by atoms with Crippen LogP contribution in [0.25, 0.3) is 0 Å². The molecule has 1 nitrogen and oxygen atoms in total. The molecule has 74 valence electrons. The van der Waals surface area contributed by atoms with Crippen LogP contribution in [-0.4, -0.2) is 0 Å². The molecule has 0 aliphatic heterocycles. The third kappa shape index (κ3) is 2.91. The van der Waals surface area contributed by atoms with Gasteiger partial charge in [-0.2, -0.15) is 0 Å². The molecule has 0 amide bonds. The first kappa shape index (κ1) is 10.4. The van der Waals surface area contributed by atoms with E-state index in [1.54, 1.807) is 6.20 Å². The van der Waals surface area contributed by atoms with Gasteiger partial charge < -0.3 is 5.73 Å². The largest absolute Gasteiger partial charge is 0.405 e. The standard InChI is InChI=1S/C12H21N/c1-10-6-5-8-12(11(10)2)7-3-4-9-13/h3-4,7,9-12H,5-6,8,13H2,1-2H3/b7-3-,9-4+. The zero-order valence-corrected chi connectivity index (χ0v) is 8.74. The minimum atomic E-state index is 0.764. The lowest BCUT2D eigenvalue weighted by atomic mass is 9.74. The molecule has 3 atom stereocenters. The van der Waals surface area contributed by atoms with Gasteiger partial charge >= 0.3 is 0 Å². The van der Waals surface area contributed by atoms with Crippen molar-refractivity contribution >= 4 is 0 Å². The molecule has 1 aliphatic rings. The molecule has 1 saturated carbocycles. The van der Waals surface area contributed by atoms with Crippen LogP contribution in [-0.2, 0) is 0 Å². The fourth-order valence-electron chi connectivity index (χ4n) is 2.17. The average Bonchev–Trinajstić information content (AvgIpc) is 2.13. The second-order valence-corrected chi connectivity index (χ2v) is 4.20. The van der Waals surface area contributed by atoms with Crippen LogP contribution in [0.1, 0.15) is 33.1 Å². The third-order valence-corrected chi connectivity index (χ3v) is 3.35. The lowest BCUT2D eigenvalue weighted by molar-refractivity contribution is 0.219. The lowest BCUT2D eigenvalue weighted by Gasteiger charge is -2.32. The number of allylic oxidation sites excluding steroid dienone is 3. The Morgan fingerprint density at radius 2 is 1.92 bits per heavy atom. The summed E-state index contributed by atoms with van der Waals surface area (Å²) in [5, 5.41) is 0. The maximum atomic E-state index is 5.27. The Morgan fingerprint density at radius 3 is 2.62 bits per heavy atom. The summed E-state index contributed by atoms with van der Waals surface area (Å²) >= 11 is 0. The summed E-state index contributed by atoms with van der Waals surface area (Å²) in [6.07, 6.45) is 12.0. The number of hydrogen-bond acceptors (Lipinski definition) is 1. The van der Waals surface area contributed by atoms with Gasteiger partial charge in [-0.15, -0.1) is 0 Å². The van der Waals surface area contributed by atoms with E-state index in [0.29, 0.717) is 0 Å². The van der Waals surface area contributed by atoms with Crippen LogP contribution in [0.15, 0.2) is 24.4 Å². The maximum absolute atomic E-state index is 5.27. The summed E-state index contributed by atoms with van der Waals surface area (Å²) in [6, 6.07) is 0. The maximum Gasteiger partial charge on any atom is -0.00625 e. The van der Waals surface area contributed by atoms with Crippen molar-refractivity contribution in [2.24, 2.45) is 23.5 Å². The molecule has 13 heavy (non-hydrogen) atoms. The SMILES string of the molecule is CC1CCCC(/C=C\C=C\N)C1C. The van der Waals surface area contributed by atoms with Gasteiger partial charge in [0, 0.05) is 0 Å². The highest BCUT2D eigenvalue weighted by molar-refractivity contribution is 5.04. The summed E-state index contributed by atoms with van der Waals surface area (Å²) in [6.45, 7) is 4.73. The Balaban J connectivity index is 2.48. The van der Waals surface area contributed by atoms with Crippen molar-refractivity contribution < 1.29 is 0 Å². The van der Waals surface area contributed by atoms with Crippen LogP contribution in [0.4, 0.5) is 0 Å². The van der Waals surface area contributed by atoms with Gasteiger partial charge in [0.05, 0.1) is 0 Å². The molecular formula is C12H21N. The highest BCUT2D eigenvalue weighted by Crippen LogP contribution is 2.34. The minimum Gasteiger partial charge on any atom is -0.405 e. The molecule has 0 spiro atoms. The van der Waals surface area contributed by atoms with Gasteiger partial charge in [0.15, 0.2) is 0 Å². The van der Waals surface area contributed by atoms with Gasteiger partial charge in [-0.05, 0) is 36.5 Å². The van der Waals surface area contributed by atoms with Gasteiger partial charge in [-0.1, -0.05) is 38.8 Å². The van der Waals surface area contributed by atoms with Crippen molar-refractivity contribution in [2.45, 2.75) is 33.1 Å². The molecule has 1 aliphatic carbocycles. The minimum absolute atomic E-state index is 0.764. The average molecular weight is 179 g/mol. The number of rotatable bonds is 2. The molecule has 3 unspecified atom stereocenters. The van der Waals surface area contributed by atoms with E-state index in [1.807, 2.05) is 6.08 Å². The van der Waals surface area contributed by atoms with E-state index in [0.717, 1.165) is 17.8 Å². The first-order chi connectivity index (χ1) is 6.25. The van der Waals surface area contributed by atoms with Crippen LogP contribution in [0.3, 0.4) is 0 Å². The second kappa shape index (κ2) is 5.11. The third-order valence-electron chi connectivity index (χ3n) is 3.35. The van der Waals surface area contributed by atoms with Crippen LogP contribution in [0, 0.1) is 17.8 Å². The van der Waals surface area contributed by atoms with Gasteiger partial charge in [-0.25, -0.2) is 0 Å². The van der Waals surface area contributed by atoms with Crippen molar-refractivity contribution in [3.63, 3.8) is 0 Å². The molecule has 0 saturated heterocycles. The van der Waals surface area contributed by atoms with Crippen LogP contribution >= 0.6 is 0 Å². The molecule has 0 radical (unpaired) electrons. The van der Waals surface area contributed by atoms with E-state index in [2.05, 4.69) is 26.0 Å². The molecule has 0 aromatic heterocycles. The summed E-state index contributed by atoms with van der Waals surface area (Å²) in [4.78, 5) is 0. The Labute approximate surface area is 81.7 Å². The van der Waals surface area contributed by atoms with E-state index in [1.165, 1.54) is 19.3 Å². The summed E-state index contributed by atoms with van der Waals surface area (Å²) in [7, 11) is 0. The monoisotopic (exact) mass is 179 g/mol. The molecule has 0 heterocycles. The molecule has 2 N–H and O–H groups in total. The zero-order valence-electron chi connectivity index (χ0n) is 8.74. The highest BCUT2D eigenvalue weighted by Gasteiger charge is 2.24. The normalized spacial score (nSPS) is 36.0. The summed E-state index contributed by atoms with van der Waals surface area (Å²) in [5.41, 5.74) is 5.27. The molecule has 1 fully saturated rings. The Kier molecular flexibility index (Phi) is 4.07. The second-order valence-electron chi connectivity index (χ2n) is 4.20. The van der Waals surface area contributed by atoms with Crippen molar-refractivity contribution in [1.29, 1.82) is 0 Å². The van der Waals surface area contributed by atoms with Crippen LogP contribution in [0.5, 0.6) is 0 Å². The first-order valence-electron chi connectivity index (χ1n) is 5.30. The fourth-order valence-corrected chi connectivity index (χ4v) is 2.17. The topological polar surface area (TPSA) is 26.0 Å². The van der Waals surface area contributed by atoms with E-state index < -0.39 is 0 Å². The highest BCUT2D eigenvalue weighted by atomic mass is 14.5. The quantitative estimate of drug-likeness (QED) is 0.648. The Bertz CT molecular complexity index is 193. The van der Waals surface area contributed by atoms with Crippen LogP contribution in [0.2, 0.25) is 0 Å². The van der Waals surface area contributed by atoms with Crippen molar-refractivity contribution in [3.8, 4) is 0 Å². The smallest absolute Gasteiger partial charge is 0.00625 e. The fraction of sp³-hybridized carbons (Fsp3) is 0.667. The Hall–Kier alpha value is -0.720. The zero-order chi connectivity index (χ0) is 9.68. The predicted octanol–water partition coefficient (Wildman–Crippen LogP) is 3.09. The predicted molar refractivity (Wildman–Crippen MR) is 58.1 cm³/mol. The van der Waals surface area contributed by atoms with E-state index in [-0.39, 0.29) is 0 Å². The van der Waals surface area contributed by atoms with E-state index in [4.69, 9.17) is 5.73 Å². The van der Waals surface area contributed by atoms with Crippen molar-refractivity contribution in [1.82, 2.24) is 0 Å². The van der Waals surface area contributed by atoms with Gasteiger partial charge in [0.25, 0.3) is 0 Å². The summed E-state index contributed by atoms with van der Waals surface area (Å²) in [5.74, 6) is 2.47. The molecule has 1 rings (SSSR count). The van der Waals surface area contributed by atoms with E-state index >= 15 is 0 Å². The molecule has 1 heteroatoms. The van der Waals surface area contributed by atoms with E-state index in [9.17, 15) is 0 Å². The Morgan fingerprint density at radius 1 is 1.15 bits per heavy atom. The summed E-state index contributed by atoms with van der Waals surface area (Å²) < 4.78 is 0. The first-order valence-corrected chi connectivity index (χ1v) is 5.30. The van der Waals surface area contributed by atoms with Gasteiger partial charge in [0.2, 0.25) is 0 Å². The van der Waals surface area contributed by atoms with Gasteiger partial charge in [-0.3, -0.25) is 0 Å². The van der Waals surface area contributed by atoms with Gasteiger partial charge in [0.1, 0.15) is 0 Å². The molecule has 0 bridgehead atoms. The molecular weight excluding hydrogens is 158 g/mol. The van der Waals surface area contributed by atoms with Crippen molar-refractivity contribution in [3.05, 3.63) is 24.4 Å². The number of hydrogen-bond donors (Lipinski definition) is 1. The number of nitrogens with two attached hydrogens (primary N) is 1. The van der Waals surface area contributed by atoms with Crippen molar-refractivity contribution in [2.75, 3.05) is 0 Å².